The second kappa shape index (κ2) is 6.51. The second-order valence-electron chi connectivity index (χ2n) is 7.83. The van der Waals surface area contributed by atoms with Crippen molar-refractivity contribution in [2.24, 2.45) is 0 Å². The van der Waals surface area contributed by atoms with Crippen LogP contribution in [0.25, 0.3) is 11.1 Å². The van der Waals surface area contributed by atoms with E-state index in [-0.39, 0.29) is 24.1 Å². The fourth-order valence-corrected chi connectivity index (χ4v) is 3.22. The lowest BCUT2D eigenvalue weighted by Crippen LogP contribution is -2.41. The summed E-state index contributed by atoms with van der Waals surface area (Å²) in [5.41, 5.74) is 2.19. The number of aryl methyl sites for hydroxylation is 1. The molecule has 1 aliphatic heterocycles. The minimum atomic E-state index is -3.00. The molecule has 0 amide bonds. The number of aromatic nitrogens is 2. The SMILES string of the molecule is CC1(C)OB(c2ccc(-c3cnn(CCS(C)(=O)=O)c3)cc2)OC1(C)C. The van der Waals surface area contributed by atoms with Crippen LogP contribution in [0, 0.1) is 0 Å². The summed E-state index contributed by atoms with van der Waals surface area (Å²) in [6, 6.07) is 7.98. The minimum Gasteiger partial charge on any atom is -0.399 e. The average Bonchev–Trinajstić information content (AvgIpc) is 3.08. The maximum atomic E-state index is 11.3. The maximum Gasteiger partial charge on any atom is 0.494 e. The Morgan fingerprint density at radius 1 is 1.04 bits per heavy atom. The molecule has 1 aromatic carbocycles. The lowest BCUT2D eigenvalue weighted by Gasteiger charge is -2.32. The van der Waals surface area contributed by atoms with Crippen LogP contribution >= 0.6 is 0 Å². The highest BCUT2D eigenvalue weighted by Crippen LogP contribution is 2.36. The molecule has 0 radical (unpaired) electrons. The molecule has 1 saturated heterocycles. The first kappa shape index (κ1) is 19.1. The van der Waals surface area contributed by atoms with Gasteiger partial charge in [-0.05, 0) is 38.7 Å². The summed E-state index contributed by atoms with van der Waals surface area (Å²) in [6.45, 7) is 8.49. The Kier molecular flexibility index (Phi) is 4.79. The molecule has 1 aromatic heterocycles. The standard InChI is InChI=1S/C18H25BN2O4S/c1-17(2)18(3,4)25-19(24-17)16-8-6-14(7-9-16)15-12-20-21(13-15)10-11-26(5,22)23/h6-9,12-13H,10-11H2,1-5H3. The molecule has 0 N–H and O–H groups in total. The van der Waals surface area contributed by atoms with E-state index in [1.54, 1.807) is 10.9 Å². The second-order valence-corrected chi connectivity index (χ2v) is 10.1. The molecule has 6 nitrogen and oxygen atoms in total. The molecule has 1 fully saturated rings. The van der Waals surface area contributed by atoms with Gasteiger partial charge < -0.3 is 9.31 Å². The third kappa shape index (κ3) is 4.02. The lowest BCUT2D eigenvalue weighted by atomic mass is 9.78. The van der Waals surface area contributed by atoms with Gasteiger partial charge in [-0.1, -0.05) is 24.3 Å². The fraction of sp³-hybridized carbons (Fsp3) is 0.500. The quantitative estimate of drug-likeness (QED) is 0.746. The summed E-state index contributed by atoms with van der Waals surface area (Å²) < 4.78 is 36.3. The van der Waals surface area contributed by atoms with Crippen LogP contribution < -0.4 is 5.46 Å². The predicted molar refractivity (Wildman–Crippen MR) is 103 cm³/mol. The molecule has 1 aliphatic rings. The average molecular weight is 376 g/mol. The van der Waals surface area contributed by atoms with Gasteiger partial charge >= 0.3 is 7.12 Å². The third-order valence-corrected chi connectivity index (χ3v) is 6.02. The fourth-order valence-electron chi connectivity index (χ4n) is 2.71. The minimum absolute atomic E-state index is 0.0784. The van der Waals surface area contributed by atoms with E-state index in [1.807, 2.05) is 58.2 Å². The third-order valence-electron chi connectivity index (χ3n) is 5.09. The Morgan fingerprint density at radius 3 is 2.15 bits per heavy atom. The van der Waals surface area contributed by atoms with Crippen LogP contribution in [0.5, 0.6) is 0 Å². The number of rotatable bonds is 5. The molecule has 2 heterocycles. The smallest absolute Gasteiger partial charge is 0.399 e. The van der Waals surface area contributed by atoms with Crippen molar-refractivity contribution in [2.75, 3.05) is 12.0 Å². The molecule has 26 heavy (non-hydrogen) atoms. The molecule has 0 spiro atoms. The van der Waals surface area contributed by atoms with Crippen molar-refractivity contribution in [1.82, 2.24) is 9.78 Å². The van der Waals surface area contributed by atoms with Crippen molar-refractivity contribution in [3.05, 3.63) is 36.7 Å². The molecule has 0 atom stereocenters. The van der Waals surface area contributed by atoms with Crippen molar-refractivity contribution < 1.29 is 17.7 Å². The van der Waals surface area contributed by atoms with Gasteiger partial charge in [-0.25, -0.2) is 8.42 Å². The topological polar surface area (TPSA) is 70.4 Å². The van der Waals surface area contributed by atoms with Gasteiger partial charge in [0, 0.05) is 18.0 Å². The molecule has 2 aromatic rings. The van der Waals surface area contributed by atoms with Gasteiger partial charge in [-0.15, -0.1) is 0 Å². The zero-order valence-electron chi connectivity index (χ0n) is 15.9. The Balaban J connectivity index is 1.72. The summed E-state index contributed by atoms with van der Waals surface area (Å²) in [7, 11) is -3.38. The largest absolute Gasteiger partial charge is 0.494 e. The summed E-state index contributed by atoms with van der Waals surface area (Å²) in [6.07, 6.45) is 4.83. The first-order valence-electron chi connectivity index (χ1n) is 8.63. The van der Waals surface area contributed by atoms with E-state index in [9.17, 15) is 8.42 Å². The molecule has 140 valence electrons. The van der Waals surface area contributed by atoms with Crippen LogP contribution in [-0.2, 0) is 25.7 Å². The summed E-state index contributed by atoms with van der Waals surface area (Å²) in [5.74, 6) is 0.0784. The van der Waals surface area contributed by atoms with Crippen molar-refractivity contribution in [3.63, 3.8) is 0 Å². The van der Waals surface area contributed by atoms with Crippen LogP contribution in [0.15, 0.2) is 36.7 Å². The van der Waals surface area contributed by atoms with Gasteiger partial charge in [0.2, 0.25) is 0 Å². The molecular formula is C18H25BN2O4S. The van der Waals surface area contributed by atoms with Gasteiger partial charge in [0.05, 0.1) is 29.7 Å². The highest BCUT2D eigenvalue weighted by Gasteiger charge is 2.51. The predicted octanol–water partition coefficient (Wildman–Crippen LogP) is 1.89. The Hall–Kier alpha value is -1.64. The number of sulfone groups is 1. The number of hydrogen-bond acceptors (Lipinski definition) is 5. The zero-order chi connectivity index (χ0) is 19.2. The maximum absolute atomic E-state index is 11.3. The van der Waals surface area contributed by atoms with Gasteiger partial charge in [0.1, 0.15) is 9.84 Å². The molecule has 0 unspecified atom stereocenters. The van der Waals surface area contributed by atoms with Gasteiger partial charge in [0.25, 0.3) is 0 Å². The van der Waals surface area contributed by atoms with Gasteiger partial charge in [0.15, 0.2) is 0 Å². The van der Waals surface area contributed by atoms with E-state index in [1.165, 1.54) is 6.26 Å². The van der Waals surface area contributed by atoms with Gasteiger partial charge in [-0.3, -0.25) is 4.68 Å². The van der Waals surface area contributed by atoms with Gasteiger partial charge in [-0.2, -0.15) is 5.10 Å². The van der Waals surface area contributed by atoms with Crippen molar-refractivity contribution in [1.29, 1.82) is 0 Å². The molecule has 0 saturated carbocycles. The highest BCUT2D eigenvalue weighted by atomic mass is 32.2. The Labute approximate surface area is 155 Å². The van der Waals surface area contributed by atoms with E-state index in [2.05, 4.69) is 5.10 Å². The van der Waals surface area contributed by atoms with E-state index in [0.29, 0.717) is 6.54 Å². The van der Waals surface area contributed by atoms with E-state index >= 15 is 0 Å². The first-order valence-corrected chi connectivity index (χ1v) is 10.7. The molecular weight excluding hydrogens is 351 g/mol. The zero-order valence-corrected chi connectivity index (χ0v) is 16.7. The van der Waals surface area contributed by atoms with E-state index in [4.69, 9.17) is 9.31 Å². The van der Waals surface area contributed by atoms with Crippen LogP contribution in [0.1, 0.15) is 27.7 Å². The number of nitrogens with zero attached hydrogens (tertiary/aromatic N) is 2. The van der Waals surface area contributed by atoms with Crippen molar-refractivity contribution in [3.8, 4) is 11.1 Å². The van der Waals surface area contributed by atoms with E-state index in [0.717, 1.165) is 16.6 Å². The van der Waals surface area contributed by atoms with Crippen molar-refractivity contribution >= 4 is 22.4 Å². The monoisotopic (exact) mass is 376 g/mol. The summed E-state index contributed by atoms with van der Waals surface area (Å²) >= 11 is 0. The molecule has 8 heteroatoms. The normalized spacial score (nSPS) is 19.0. The van der Waals surface area contributed by atoms with Crippen LogP contribution in [0.3, 0.4) is 0 Å². The van der Waals surface area contributed by atoms with Crippen LogP contribution in [0.4, 0.5) is 0 Å². The van der Waals surface area contributed by atoms with Crippen LogP contribution in [0.2, 0.25) is 0 Å². The van der Waals surface area contributed by atoms with Crippen LogP contribution in [-0.4, -0.2) is 48.5 Å². The highest BCUT2D eigenvalue weighted by molar-refractivity contribution is 7.90. The number of hydrogen-bond donors (Lipinski definition) is 0. The molecule has 0 aliphatic carbocycles. The van der Waals surface area contributed by atoms with Crippen molar-refractivity contribution in [2.45, 2.75) is 45.4 Å². The first-order chi connectivity index (χ1) is 12.0. The Bertz CT molecular complexity index is 872. The Morgan fingerprint density at radius 2 is 1.62 bits per heavy atom. The number of benzene rings is 1. The summed E-state index contributed by atoms with van der Waals surface area (Å²) in [5, 5.41) is 4.24. The molecule has 3 rings (SSSR count). The molecule has 0 bridgehead atoms. The van der Waals surface area contributed by atoms with E-state index < -0.39 is 9.84 Å². The summed E-state index contributed by atoms with van der Waals surface area (Å²) in [4.78, 5) is 0. The lowest BCUT2D eigenvalue weighted by molar-refractivity contribution is 0.00578.